The van der Waals surface area contributed by atoms with Crippen LogP contribution >= 0.6 is 47.8 Å². The molecular weight excluding hydrogens is 912 g/mol. The van der Waals surface area contributed by atoms with Gasteiger partial charge < -0.3 is 14.7 Å². The van der Waals surface area contributed by atoms with E-state index in [4.69, 9.17) is 0 Å². The van der Waals surface area contributed by atoms with Crippen LogP contribution in [-0.4, -0.2) is 53.8 Å². The fourth-order valence-electron chi connectivity index (χ4n) is 6.32. The molecule has 0 saturated carbocycles. The highest BCUT2D eigenvalue weighted by Gasteiger charge is 2.25. The van der Waals surface area contributed by atoms with Gasteiger partial charge in [0.1, 0.15) is 0 Å². The molecular formula is C45H33Br3N6O3. The van der Waals surface area contributed by atoms with E-state index >= 15 is 0 Å². The average molecular weight is 946 g/mol. The predicted octanol–water partition coefficient (Wildman–Crippen LogP) is 11.0. The summed E-state index contributed by atoms with van der Waals surface area (Å²) in [6, 6.07) is 38.4. The third kappa shape index (κ3) is 8.48. The van der Waals surface area contributed by atoms with Crippen LogP contribution in [0.25, 0.3) is 33.8 Å². The summed E-state index contributed by atoms with van der Waals surface area (Å²) >= 11 is 10.9. The van der Waals surface area contributed by atoms with Crippen LogP contribution in [0.1, 0.15) is 31.1 Å². The number of amides is 3. The topological polar surface area (TPSA) is 99.6 Å². The fraction of sp³-hybridized carbons (Fsp3) is 0.0667. The van der Waals surface area contributed by atoms with Crippen molar-refractivity contribution >= 4 is 82.6 Å². The highest BCUT2D eigenvalue weighted by Crippen LogP contribution is 2.35. The summed E-state index contributed by atoms with van der Waals surface area (Å²) in [5, 5.41) is 0. The molecule has 57 heavy (non-hydrogen) atoms. The molecule has 0 N–H and O–H groups in total. The molecule has 0 aliphatic carbocycles. The summed E-state index contributed by atoms with van der Waals surface area (Å²) in [7, 11) is 4.95. The van der Waals surface area contributed by atoms with Gasteiger partial charge in [-0.2, -0.15) is 0 Å². The van der Waals surface area contributed by atoms with Crippen molar-refractivity contribution in [1.29, 1.82) is 0 Å². The molecule has 7 aromatic rings. The third-order valence-corrected chi connectivity index (χ3v) is 11.3. The molecule has 0 unspecified atom stereocenters. The van der Waals surface area contributed by atoms with Crippen LogP contribution in [-0.2, 0) is 0 Å². The number of halogens is 3. The number of carbonyl (C=O) groups is 3. The molecule has 0 spiro atoms. The van der Waals surface area contributed by atoms with Crippen LogP contribution < -0.4 is 14.7 Å². The molecule has 0 atom stereocenters. The number of nitrogens with zero attached hydrogens (tertiary/aromatic N) is 6. The molecule has 3 aromatic heterocycles. The lowest BCUT2D eigenvalue weighted by Gasteiger charge is -2.23. The van der Waals surface area contributed by atoms with Gasteiger partial charge in [0.15, 0.2) is 0 Å². The fourth-order valence-corrected chi connectivity index (χ4v) is 8.26. The van der Waals surface area contributed by atoms with Gasteiger partial charge in [0.2, 0.25) is 0 Å². The zero-order valence-electron chi connectivity index (χ0n) is 30.9. The molecule has 0 fully saturated rings. The summed E-state index contributed by atoms with van der Waals surface area (Å²) < 4.78 is 2.01. The van der Waals surface area contributed by atoms with Gasteiger partial charge in [-0.3, -0.25) is 29.3 Å². The van der Waals surface area contributed by atoms with Crippen molar-refractivity contribution in [2.24, 2.45) is 0 Å². The van der Waals surface area contributed by atoms with Crippen LogP contribution in [0, 0.1) is 0 Å². The SMILES string of the molecule is CN(C(=O)c1cc(C(=O)N(C)c2ccc(-c3ccccn3)cc2Br)cc(C(=O)N(C)c2ccc(-c3ccccn3)cc2Br)c1)c1ccc(-c2ccccn2)cc1Br. The summed E-state index contributed by atoms with van der Waals surface area (Å²) in [6.45, 7) is 0. The number of hydrogen-bond donors (Lipinski definition) is 0. The molecule has 4 aromatic carbocycles. The van der Waals surface area contributed by atoms with Crippen molar-refractivity contribution < 1.29 is 14.4 Å². The van der Waals surface area contributed by atoms with Gasteiger partial charge in [-0.15, -0.1) is 0 Å². The quantitative estimate of drug-likeness (QED) is 0.143. The van der Waals surface area contributed by atoms with Gasteiger partial charge in [-0.1, -0.05) is 36.4 Å². The van der Waals surface area contributed by atoms with Gasteiger partial charge in [0.05, 0.1) is 34.1 Å². The molecule has 0 radical (unpaired) electrons. The lowest BCUT2D eigenvalue weighted by molar-refractivity contribution is 0.0992. The lowest BCUT2D eigenvalue weighted by atomic mass is 10.0. The van der Waals surface area contributed by atoms with Crippen molar-refractivity contribution in [2.75, 3.05) is 35.8 Å². The van der Waals surface area contributed by atoms with Crippen LogP contribution in [0.5, 0.6) is 0 Å². The Hall–Kier alpha value is -5.82. The van der Waals surface area contributed by atoms with Crippen LogP contribution in [0.3, 0.4) is 0 Å². The first-order valence-corrected chi connectivity index (χ1v) is 20.0. The van der Waals surface area contributed by atoms with Crippen LogP contribution in [0.15, 0.2) is 159 Å². The Morgan fingerprint density at radius 2 is 0.684 bits per heavy atom. The minimum Gasteiger partial charge on any atom is -0.310 e. The highest BCUT2D eigenvalue weighted by atomic mass is 79.9. The Morgan fingerprint density at radius 1 is 0.404 bits per heavy atom. The van der Waals surface area contributed by atoms with Crippen molar-refractivity contribution in [2.45, 2.75) is 0 Å². The zero-order valence-corrected chi connectivity index (χ0v) is 35.7. The maximum atomic E-state index is 14.4. The monoisotopic (exact) mass is 942 g/mol. The number of benzene rings is 4. The van der Waals surface area contributed by atoms with E-state index < -0.39 is 17.7 Å². The van der Waals surface area contributed by atoms with Crippen molar-refractivity contribution in [3.8, 4) is 33.8 Å². The van der Waals surface area contributed by atoms with E-state index in [2.05, 4.69) is 62.7 Å². The van der Waals surface area contributed by atoms with E-state index in [1.165, 1.54) is 32.9 Å². The smallest absolute Gasteiger partial charge is 0.258 e. The Kier molecular flexibility index (Phi) is 11.8. The lowest BCUT2D eigenvalue weighted by Crippen LogP contribution is -2.31. The number of pyridine rings is 3. The van der Waals surface area contributed by atoms with Gasteiger partial charge >= 0.3 is 0 Å². The van der Waals surface area contributed by atoms with Crippen LogP contribution in [0.2, 0.25) is 0 Å². The average Bonchev–Trinajstić information content (AvgIpc) is 3.25. The largest absolute Gasteiger partial charge is 0.310 e. The van der Waals surface area contributed by atoms with Gasteiger partial charge in [-0.05, 0) is 139 Å². The maximum Gasteiger partial charge on any atom is 0.258 e. The molecule has 0 aliphatic heterocycles. The zero-order chi connectivity index (χ0) is 40.2. The summed E-state index contributed by atoms with van der Waals surface area (Å²) in [5.41, 5.74) is 7.22. The number of rotatable bonds is 9. The standard InChI is InChI=1S/C45H33Br3N6O3/c1-52(40-16-13-28(25-34(40)46)37-10-4-7-19-49-37)43(55)31-22-32(44(56)53(2)41-17-14-29(26-35(41)47)38-11-5-8-20-50-38)24-33(23-31)45(57)54(3)42-18-15-30(27-36(42)48)39-12-6-9-21-51-39/h4-27H,1-3H3. The Labute approximate surface area is 355 Å². The molecule has 0 saturated heterocycles. The number of aromatic nitrogens is 3. The minimum atomic E-state index is -0.419. The second-order valence-corrected chi connectivity index (χ2v) is 15.6. The molecule has 0 aliphatic rings. The van der Waals surface area contributed by atoms with Crippen molar-refractivity contribution in [3.63, 3.8) is 0 Å². The molecule has 0 bridgehead atoms. The molecule has 12 heteroatoms. The van der Waals surface area contributed by atoms with E-state index in [1.807, 2.05) is 109 Å². The van der Waals surface area contributed by atoms with Crippen LogP contribution in [0.4, 0.5) is 17.1 Å². The molecule has 9 nitrogen and oxygen atoms in total. The third-order valence-electron chi connectivity index (χ3n) is 9.40. The van der Waals surface area contributed by atoms with Crippen molar-refractivity contribution in [1.82, 2.24) is 15.0 Å². The van der Waals surface area contributed by atoms with Gasteiger partial charge in [-0.25, -0.2) is 0 Å². The second kappa shape index (κ2) is 17.1. The Balaban J connectivity index is 1.24. The minimum absolute atomic E-state index is 0.156. The highest BCUT2D eigenvalue weighted by molar-refractivity contribution is 9.11. The Morgan fingerprint density at radius 3 is 0.912 bits per heavy atom. The van der Waals surface area contributed by atoms with E-state index in [-0.39, 0.29) is 16.7 Å². The molecule has 3 heterocycles. The maximum absolute atomic E-state index is 14.4. The molecule has 3 amide bonds. The molecule has 282 valence electrons. The first-order valence-electron chi connectivity index (χ1n) is 17.6. The van der Waals surface area contributed by atoms with E-state index in [1.54, 1.807) is 39.7 Å². The normalized spacial score (nSPS) is 10.8. The first-order chi connectivity index (χ1) is 27.5. The predicted molar refractivity (Wildman–Crippen MR) is 237 cm³/mol. The number of hydrogen-bond acceptors (Lipinski definition) is 6. The number of anilines is 3. The van der Waals surface area contributed by atoms with Crippen molar-refractivity contribution in [3.05, 3.63) is 176 Å². The summed E-state index contributed by atoms with van der Waals surface area (Å²) in [6.07, 6.45) is 5.17. The van der Waals surface area contributed by atoms with E-state index in [0.717, 1.165) is 33.8 Å². The summed E-state index contributed by atoms with van der Waals surface area (Å²) in [5.74, 6) is -1.26. The van der Waals surface area contributed by atoms with E-state index in [0.29, 0.717) is 30.5 Å². The first kappa shape index (κ1) is 39.4. The van der Waals surface area contributed by atoms with Gasteiger partial charge in [0.25, 0.3) is 17.7 Å². The van der Waals surface area contributed by atoms with E-state index in [9.17, 15) is 14.4 Å². The second-order valence-electron chi connectivity index (χ2n) is 13.0. The number of carbonyl (C=O) groups excluding carboxylic acids is 3. The Bertz CT molecular complexity index is 2330. The molecule has 7 rings (SSSR count). The van der Waals surface area contributed by atoms with Gasteiger partial charge in [0, 0.05) is 86.5 Å². The summed E-state index contributed by atoms with van der Waals surface area (Å²) in [4.78, 5) is 60.8.